The number of rotatable bonds is 7. The Hall–Kier alpha value is -2.69. The van der Waals surface area contributed by atoms with E-state index >= 15 is 0 Å². The predicted molar refractivity (Wildman–Crippen MR) is 100 cm³/mol. The summed E-state index contributed by atoms with van der Waals surface area (Å²) in [6, 6.07) is 12.5. The van der Waals surface area contributed by atoms with Crippen molar-refractivity contribution >= 4 is 11.6 Å². The Balaban J connectivity index is 2.12. The number of ether oxygens (including phenoxy) is 2. The first-order valence-electron chi connectivity index (χ1n) is 8.38. The van der Waals surface area contributed by atoms with Crippen LogP contribution >= 0.6 is 0 Å². The van der Waals surface area contributed by atoms with Gasteiger partial charge in [0.1, 0.15) is 0 Å². The first-order chi connectivity index (χ1) is 11.9. The van der Waals surface area contributed by atoms with Crippen LogP contribution in [0.25, 0.3) is 0 Å². The number of hydrogen-bond donors (Lipinski definition) is 2. The first kappa shape index (κ1) is 18.6. The minimum atomic E-state index is -0.204. The Morgan fingerprint density at radius 3 is 2.48 bits per heavy atom. The maximum absolute atomic E-state index is 12.4. The monoisotopic (exact) mass is 342 g/mol. The topological polar surface area (TPSA) is 73.6 Å². The second kappa shape index (κ2) is 8.42. The van der Waals surface area contributed by atoms with E-state index in [1.807, 2.05) is 25.1 Å². The highest BCUT2D eigenvalue weighted by molar-refractivity contribution is 5.99. The molecule has 0 spiro atoms. The molecule has 0 aliphatic carbocycles. The predicted octanol–water partition coefficient (Wildman–Crippen LogP) is 3.80. The number of nitrogen functional groups attached to an aromatic ring is 1. The van der Waals surface area contributed by atoms with Gasteiger partial charge in [0.25, 0.3) is 5.91 Å². The van der Waals surface area contributed by atoms with Crippen LogP contribution in [-0.4, -0.2) is 19.6 Å². The number of para-hydroxylation sites is 1. The van der Waals surface area contributed by atoms with E-state index in [-0.39, 0.29) is 11.9 Å². The van der Waals surface area contributed by atoms with Crippen molar-refractivity contribution in [1.82, 2.24) is 5.32 Å². The summed E-state index contributed by atoms with van der Waals surface area (Å²) in [7, 11) is 1.61. The summed E-state index contributed by atoms with van der Waals surface area (Å²) >= 11 is 0. The summed E-state index contributed by atoms with van der Waals surface area (Å²) in [6.07, 6.45) is 0. The van der Waals surface area contributed by atoms with Gasteiger partial charge in [-0.15, -0.1) is 0 Å². The Labute approximate surface area is 149 Å². The second-order valence-corrected chi connectivity index (χ2v) is 6.40. The molecular formula is C20H26N2O3. The van der Waals surface area contributed by atoms with Crippen molar-refractivity contribution in [2.45, 2.75) is 26.8 Å². The number of nitrogens with one attached hydrogen (secondary N) is 1. The van der Waals surface area contributed by atoms with Crippen LogP contribution in [0.3, 0.4) is 0 Å². The average Bonchev–Trinajstić information content (AvgIpc) is 2.59. The van der Waals surface area contributed by atoms with Crippen LogP contribution in [0, 0.1) is 5.92 Å². The third kappa shape index (κ3) is 4.89. The van der Waals surface area contributed by atoms with Crippen molar-refractivity contribution in [2.24, 2.45) is 5.92 Å². The normalized spacial score (nSPS) is 11.9. The van der Waals surface area contributed by atoms with E-state index in [1.54, 1.807) is 31.4 Å². The number of amides is 1. The van der Waals surface area contributed by atoms with E-state index in [0.29, 0.717) is 35.3 Å². The molecule has 2 aromatic carbocycles. The lowest BCUT2D eigenvalue weighted by Crippen LogP contribution is -2.27. The van der Waals surface area contributed by atoms with Gasteiger partial charge in [0, 0.05) is 5.69 Å². The molecule has 0 radical (unpaired) electrons. The van der Waals surface area contributed by atoms with Crippen LogP contribution < -0.4 is 20.5 Å². The van der Waals surface area contributed by atoms with Gasteiger partial charge in [-0.3, -0.25) is 4.79 Å². The van der Waals surface area contributed by atoms with Crippen LogP contribution in [0.15, 0.2) is 42.5 Å². The lowest BCUT2D eigenvalue weighted by molar-refractivity contribution is 0.0940. The van der Waals surface area contributed by atoms with Crippen molar-refractivity contribution < 1.29 is 14.3 Å². The highest BCUT2D eigenvalue weighted by atomic mass is 16.5. The number of benzene rings is 2. The van der Waals surface area contributed by atoms with E-state index in [9.17, 15) is 4.79 Å². The van der Waals surface area contributed by atoms with Crippen molar-refractivity contribution in [3.63, 3.8) is 0 Å². The fourth-order valence-electron chi connectivity index (χ4n) is 2.39. The van der Waals surface area contributed by atoms with E-state index in [2.05, 4.69) is 19.2 Å². The molecule has 2 aromatic rings. The van der Waals surface area contributed by atoms with E-state index < -0.39 is 0 Å². The molecule has 0 heterocycles. The molecule has 0 saturated heterocycles. The number of carbonyl (C=O) groups excluding carboxylic acids is 1. The number of carbonyl (C=O) groups is 1. The van der Waals surface area contributed by atoms with Gasteiger partial charge >= 0.3 is 0 Å². The minimum absolute atomic E-state index is 0.194. The molecule has 1 amide bonds. The average molecular weight is 342 g/mol. The van der Waals surface area contributed by atoms with Crippen LogP contribution in [0.4, 0.5) is 5.69 Å². The fraction of sp³-hybridized carbons (Fsp3) is 0.350. The van der Waals surface area contributed by atoms with Crippen molar-refractivity contribution in [2.75, 3.05) is 19.5 Å². The lowest BCUT2D eigenvalue weighted by Gasteiger charge is -2.18. The maximum atomic E-state index is 12.4. The Morgan fingerprint density at radius 2 is 1.84 bits per heavy atom. The molecule has 0 bridgehead atoms. The van der Waals surface area contributed by atoms with Crippen LogP contribution in [0.2, 0.25) is 0 Å². The number of methoxy groups -OCH3 is 1. The van der Waals surface area contributed by atoms with Crippen LogP contribution in [0.1, 0.15) is 42.7 Å². The van der Waals surface area contributed by atoms with Gasteiger partial charge in [-0.25, -0.2) is 0 Å². The fourth-order valence-corrected chi connectivity index (χ4v) is 2.39. The summed E-state index contributed by atoms with van der Waals surface area (Å²) in [4.78, 5) is 12.4. The van der Waals surface area contributed by atoms with Gasteiger partial charge < -0.3 is 20.5 Å². The molecule has 5 nitrogen and oxygen atoms in total. The number of hydrogen-bond acceptors (Lipinski definition) is 4. The zero-order valence-corrected chi connectivity index (χ0v) is 15.2. The van der Waals surface area contributed by atoms with E-state index in [1.165, 1.54) is 0 Å². The summed E-state index contributed by atoms with van der Waals surface area (Å²) in [5.74, 6) is 1.58. The molecule has 0 fully saturated rings. The first-order valence-corrected chi connectivity index (χ1v) is 8.38. The van der Waals surface area contributed by atoms with Crippen molar-refractivity contribution in [1.29, 1.82) is 0 Å². The van der Waals surface area contributed by atoms with Gasteiger partial charge in [0.15, 0.2) is 11.5 Å². The molecule has 0 aliphatic heterocycles. The SMILES string of the molecule is COc1cc(C(C)NC(=O)c2ccccc2N)ccc1OCC(C)C. The third-order valence-corrected chi connectivity index (χ3v) is 3.81. The van der Waals surface area contributed by atoms with Crippen molar-refractivity contribution in [3.8, 4) is 11.5 Å². The highest BCUT2D eigenvalue weighted by Gasteiger charge is 2.15. The van der Waals surface area contributed by atoms with Crippen LogP contribution in [-0.2, 0) is 0 Å². The largest absolute Gasteiger partial charge is 0.493 e. The number of nitrogens with two attached hydrogens (primary N) is 1. The zero-order chi connectivity index (χ0) is 18.4. The molecule has 1 atom stereocenters. The van der Waals surface area contributed by atoms with Crippen molar-refractivity contribution in [3.05, 3.63) is 53.6 Å². The Bertz CT molecular complexity index is 729. The quantitative estimate of drug-likeness (QED) is 0.751. The van der Waals surface area contributed by atoms with Gasteiger partial charge in [-0.2, -0.15) is 0 Å². The molecule has 3 N–H and O–H groups in total. The molecule has 2 rings (SSSR count). The molecule has 1 unspecified atom stereocenters. The second-order valence-electron chi connectivity index (χ2n) is 6.40. The summed E-state index contributed by atoms with van der Waals surface area (Å²) < 4.78 is 11.2. The van der Waals surface area contributed by atoms with Gasteiger partial charge in [0.2, 0.25) is 0 Å². The Kier molecular flexibility index (Phi) is 6.28. The summed E-state index contributed by atoms with van der Waals surface area (Å²) in [5.41, 5.74) is 7.72. The van der Waals surface area contributed by atoms with Gasteiger partial charge in [-0.05, 0) is 42.7 Å². The molecular weight excluding hydrogens is 316 g/mol. The minimum Gasteiger partial charge on any atom is -0.493 e. The van der Waals surface area contributed by atoms with E-state index in [4.69, 9.17) is 15.2 Å². The lowest BCUT2D eigenvalue weighted by atomic mass is 10.1. The van der Waals surface area contributed by atoms with Crippen LogP contribution in [0.5, 0.6) is 11.5 Å². The molecule has 134 valence electrons. The molecule has 0 aliphatic rings. The van der Waals surface area contributed by atoms with E-state index in [0.717, 1.165) is 5.56 Å². The standard InChI is InChI=1S/C20H26N2O3/c1-13(2)12-25-18-10-9-15(11-19(18)24-4)14(3)22-20(23)16-7-5-6-8-17(16)21/h5-11,13-14H,12,21H2,1-4H3,(H,22,23). The molecule has 0 saturated carbocycles. The number of anilines is 1. The third-order valence-electron chi connectivity index (χ3n) is 3.81. The smallest absolute Gasteiger partial charge is 0.253 e. The molecule has 5 heteroatoms. The maximum Gasteiger partial charge on any atom is 0.253 e. The summed E-state index contributed by atoms with van der Waals surface area (Å²) in [5, 5.41) is 2.96. The van der Waals surface area contributed by atoms with Gasteiger partial charge in [0.05, 0.1) is 25.3 Å². The zero-order valence-electron chi connectivity index (χ0n) is 15.2. The summed E-state index contributed by atoms with van der Waals surface area (Å²) in [6.45, 7) is 6.72. The highest BCUT2D eigenvalue weighted by Crippen LogP contribution is 2.30. The Morgan fingerprint density at radius 1 is 1.12 bits per heavy atom. The molecule has 0 aromatic heterocycles. The molecule has 25 heavy (non-hydrogen) atoms. The van der Waals surface area contributed by atoms with Gasteiger partial charge in [-0.1, -0.05) is 32.0 Å².